The van der Waals surface area contributed by atoms with Crippen LogP contribution in [0.25, 0.3) is 0 Å². The van der Waals surface area contributed by atoms with Gasteiger partial charge >= 0.3 is 0 Å². The first-order valence-electron chi connectivity index (χ1n) is 5.69. The minimum Gasteiger partial charge on any atom is -0.497 e. The Morgan fingerprint density at radius 1 is 1.06 bits per heavy atom. The number of ether oxygens (including phenoxy) is 1. The molecule has 0 saturated carbocycles. The fourth-order valence-corrected chi connectivity index (χ4v) is 2.72. The van der Waals surface area contributed by atoms with Crippen molar-refractivity contribution in [2.45, 2.75) is 30.6 Å². The summed E-state index contributed by atoms with van der Waals surface area (Å²) in [4.78, 5) is 1.33. The third kappa shape index (κ3) is 5.80. The lowest BCUT2D eigenvalue weighted by molar-refractivity contribution is 0.414. The van der Waals surface area contributed by atoms with Crippen molar-refractivity contribution in [3.8, 4) is 5.75 Å². The van der Waals surface area contributed by atoms with Gasteiger partial charge in [0.05, 0.1) is 7.11 Å². The van der Waals surface area contributed by atoms with Crippen LogP contribution in [0, 0.1) is 0 Å². The average Bonchev–Trinajstić information content (AvgIpc) is 2.34. The topological polar surface area (TPSA) is 9.23 Å². The van der Waals surface area contributed by atoms with Crippen LogP contribution in [0.5, 0.6) is 5.75 Å². The van der Waals surface area contributed by atoms with Crippen LogP contribution >= 0.6 is 27.7 Å². The molecule has 1 aromatic rings. The van der Waals surface area contributed by atoms with Gasteiger partial charge in [0.1, 0.15) is 5.75 Å². The van der Waals surface area contributed by atoms with Crippen molar-refractivity contribution in [1.82, 2.24) is 0 Å². The SMILES string of the molecule is COc1ccc(SCCCCCCBr)cc1. The number of unbranched alkanes of at least 4 members (excludes halogenated alkanes) is 3. The van der Waals surface area contributed by atoms with Crippen LogP contribution in [0.1, 0.15) is 25.7 Å². The van der Waals surface area contributed by atoms with Gasteiger partial charge in [0.15, 0.2) is 0 Å². The number of alkyl halides is 1. The molecule has 3 heteroatoms. The highest BCUT2D eigenvalue weighted by atomic mass is 79.9. The normalized spacial score (nSPS) is 10.4. The molecule has 1 aromatic carbocycles. The molecule has 0 aliphatic carbocycles. The lowest BCUT2D eigenvalue weighted by atomic mass is 10.2. The first-order chi connectivity index (χ1) is 7.86. The van der Waals surface area contributed by atoms with Crippen molar-refractivity contribution in [2.24, 2.45) is 0 Å². The Morgan fingerprint density at radius 2 is 1.75 bits per heavy atom. The van der Waals surface area contributed by atoms with Crippen LogP contribution in [0.2, 0.25) is 0 Å². The predicted octanol–water partition coefficient (Wildman–Crippen LogP) is 4.74. The van der Waals surface area contributed by atoms with Gasteiger partial charge in [0.2, 0.25) is 0 Å². The van der Waals surface area contributed by atoms with E-state index in [0.29, 0.717) is 0 Å². The van der Waals surface area contributed by atoms with E-state index in [1.165, 1.54) is 36.3 Å². The standard InChI is InChI=1S/C13H19BrOS/c1-15-12-6-8-13(9-7-12)16-11-5-3-2-4-10-14/h6-9H,2-5,10-11H2,1H3. The first-order valence-corrected chi connectivity index (χ1v) is 7.80. The molecule has 0 bridgehead atoms. The van der Waals surface area contributed by atoms with Crippen LogP contribution in [0.4, 0.5) is 0 Å². The summed E-state index contributed by atoms with van der Waals surface area (Å²) in [6.07, 6.45) is 5.29. The fraction of sp³-hybridized carbons (Fsp3) is 0.538. The van der Waals surface area contributed by atoms with Gasteiger partial charge in [-0.05, 0) is 42.9 Å². The second-order valence-electron chi connectivity index (χ2n) is 3.63. The molecule has 0 amide bonds. The summed E-state index contributed by atoms with van der Waals surface area (Å²) in [5.41, 5.74) is 0. The number of methoxy groups -OCH3 is 1. The highest BCUT2D eigenvalue weighted by Crippen LogP contribution is 2.22. The molecular formula is C13H19BrOS. The van der Waals surface area contributed by atoms with Gasteiger partial charge in [0.25, 0.3) is 0 Å². The molecule has 0 fully saturated rings. The summed E-state index contributed by atoms with van der Waals surface area (Å²) in [6, 6.07) is 8.30. The van der Waals surface area contributed by atoms with Gasteiger partial charge in [-0.1, -0.05) is 28.8 Å². The Balaban J connectivity index is 2.12. The first kappa shape index (κ1) is 13.9. The number of hydrogen-bond donors (Lipinski definition) is 0. The molecule has 0 atom stereocenters. The maximum Gasteiger partial charge on any atom is 0.118 e. The number of benzene rings is 1. The summed E-state index contributed by atoms with van der Waals surface area (Å²) < 4.78 is 5.13. The third-order valence-corrected chi connectivity index (χ3v) is 4.02. The number of hydrogen-bond acceptors (Lipinski definition) is 2. The van der Waals surface area contributed by atoms with Gasteiger partial charge < -0.3 is 4.74 Å². The van der Waals surface area contributed by atoms with E-state index in [9.17, 15) is 0 Å². The molecule has 0 aromatic heterocycles. The van der Waals surface area contributed by atoms with Crippen molar-refractivity contribution in [1.29, 1.82) is 0 Å². The highest BCUT2D eigenvalue weighted by molar-refractivity contribution is 9.09. The lowest BCUT2D eigenvalue weighted by Crippen LogP contribution is -1.84. The van der Waals surface area contributed by atoms with Crippen molar-refractivity contribution < 1.29 is 4.74 Å². The van der Waals surface area contributed by atoms with Gasteiger partial charge in [0, 0.05) is 10.2 Å². The van der Waals surface area contributed by atoms with Crippen molar-refractivity contribution >= 4 is 27.7 Å². The molecule has 0 N–H and O–H groups in total. The van der Waals surface area contributed by atoms with Gasteiger partial charge in [-0.15, -0.1) is 11.8 Å². The Morgan fingerprint density at radius 3 is 2.38 bits per heavy atom. The largest absolute Gasteiger partial charge is 0.497 e. The van der Waals surface area contributed by atoms with Crippen molar-refractivity contribution in [3.05, 3.63) is 24.3 Å². The van der Waals surface area contributed by atoms with Crippen LogP contribution < -0.4 is 4.74 Å². The summed E-state index contributed by atoms with van der Waals surface area (Å²) in [6.45, 7) is 0. The second kappa shape index (κ2) is 8.94. The molecule has 1 nitrogen and oxygen atoms in total. The quantitative estimate of drug-likeness (QED) is 0.389. The number of rotatable bonds is 8. The average molecular weight is 303 g/mol. The monoisotopic (exact) mass is 302 g/mol. The number of halogens is 1. The molecular weight excluding hydrogens is 284 g/mol. The minimum absolute atomic E-state index is 0.932. The molecule has 90 valence electrons. The maximum absolute atomic E-state index is 5.13. The Labute approximate surface area is 111 Å². The molecule has 0 radical (unpaired) electrons. The summed E-state index contributed by atoms with van der Waals surface area (Å²) in [5, 5.41) is 1.14. The molecule has 0 saturated heterocycles. The zero-order valence-corrected chi connectivity index (χ0v) is 12.1. The molecule has 0 aliphatic heterocycles. The van der Waals surface area contributed by atoms with Crippen LogP contribution in [0.15, 0.2) is 29.2 Å². The van der Waals surface area contributed by atoms with E-state index in [0.717, 1.165) is 11.1 Å². The minimum atomic E-state index is 0.932. The van der Waals surface area contributed by atoms with E-state index in [1.54, 1.807) is 7.11 Å². The Hall–Kier alpha value is -0.150. The molecule has 0 spiro atoms. The van der Waals surface area contributed by atoms with Gasteiger partial charge in [-0.25, -0.2) is 0 Å². The highest BCUT2D eigenvalue weighted by Gasteiger charge is 1.95. The Kier molecular flexibility index (Phi) is 7.77. The smallest absolute Gasteiger partial charge is 0.118 e. The molecule has 0 heterocycles. The lowest BCUT2D eigenvalue weighted by Gasteiger charge is -2.03. The van der Waals surface area contributed by atoms with Gasteiger partial charge in [-0.3, -0.25) is 0 Å². The van der Waals surface area contributed by atoms with E-state index in [-0.39, 0.29) is 0 Å². The zero-order valence-electron chi connectivity index (χ0n) is 9.75. The molecule has 0 aliphatic rings. The second-order valence-corrected chi connectivity index (χ2v) is 5.59. The summed E-state index contributed by atoms with van der Waals surface area (Å²) >= 11 is 5.38. The third-order valence-electron chi connectivity index (χ3n) is 2.36. The number of thioether (sulfide) groups is 1. The van der Waals surface area contributed by atoms with Crippen LogP contribution in [0.3, 0.4) is 0 Å². The van der Waals surface area contributed by atoms with Crippen molar-refractivity contribution in [3.63, 3.8) is 0 Å². The summed E-state index contributed by atoms with van der Waals surface area (Å²) in [5.74, 6) is 2.15. The molecule has 0 unspecified atom stereocenters. The molecule has 16 heavy (non-hydrogen) atoms. The van der Waals surface area contributed by atoms with Crippen molar-refractivity contribution in [2.75, 3.05) is 18.2 Å². The molecule has 1 rings (SSSR count). The summed E-state index contributed by atoms with van der Waals surface area (Å²) in [7, 11) is 1.70. The zero-order chi connectivity index (χ0) is 11.6. The Bertz CT molecular complexity index is 274. The maximum atomic E-state index is 5.13. The van der Waals surface area contributed by atoms with E-state index in [2.05, 4.69) is 28.1 Å². The van der Waals surface area contributed by atoms with E-state index in [4.69, 9.17) is 4.74 Å². The van der Waals surface area contributed by atoms with Crippen LogP contribution in [-0.4, -0.2) is 18.2 Å². The van der Waals surface area contributed by atoms with E-state index < -0.39 is 0 Å². The van der Waals surface area contributed by atoms with Crippen LogP contribution in [-0.2, 0) is 0 Å². The van der Waals surface area contributed by atoms with Gasteiger partial charge in [-0.2, -0.15) is 0 Å². The van der Waals surface area contributed by atoms with E-state index in [1.807, 2.05) is 23.9 Å². The van der Waals surface area contributed by atoms with E-state index >= 15 is 0 Å². The predicted molar refractivity (Wildman–Crippen MR) is 76.0 cm³/mol. The fourth-order valence-electron chi connectivity index (χ4n) is 1.41.